The molecule has 0 aromatic carbocycles. The first-order chi connectivity index (χ1) is 9.90. The molecule has 0 amide bonds. The van der Waals surface area contributed by atoms with Crippen LogP contribution in [0, 0.1) is 0 Å². The number of halogens is 4. The van der Waals surface area contributed by atoms with Gasteiger partial charge in [-0.2, -0.15) is 24.5 Å². The molecule has 0 fully saturated rings. The molecular weight excluding hydrogens is 428 g/mol. The maximum Gasteiger partial charge on any atom is 0.401 e. The van der Waals surface area contributed by atoms with Gasteiger partial charge in [-0.1, -0.05) is 0 Å². The van der Waals surface area contributed by atoms with Crippen LogP contribution in [-0.4, -0.2) is 50.3 Å². The fourth-order valence-electron chi connectivity index (χ4n) is 1.64. The van der Waals surface area contributed by atoms with Gasteiger partial charge in [0.2, 0.25) is 0 Å². The van der Waals surface area contributed by atoms with Crippen molar-refractivity contribution in [2.75, 3.05) is 33.2 Å². The quantitative estimate of drug-likeness (QED) is 0.382. The molecule has 0 saturated heterocycles. The van der Waals surface area contributed by atoms with Gasteiger partial charge >= 0.3 is 6.18 Å². The van der Waals surface area contributed by atoms with E-state index >= 15 is 0 Å². The third-order valence-electron chi connectivity index (χ3n) is 2.58. The Morgan fingerprint density at radius 2 is 2.09 bits per heavy atom. The van der Waals surface area contributed by atoms with Gasteiger partial charge in [-0.05, 0) is 36.4 Å². The van der Waals surface area contributed by atoms with Crippen molar-refractivity contribution in [3.05, 3.63) is 22.4 Å². The molecule has 0 bridgehead atoms. The minimum atomic E-state index is -4.16. The van der Waals surface area contributed by atoms with E-state index in [1.54, 1.807) is 11.3 Å². The van der Waals surface area contributed by atoms with Crippen LogP contribution in [0.25, 0.3) is 0 Å². The average Bonchev–Trinajstić information content (AvgIpc) is 2.86. The molecule has 0 spiro atoms. The van der Waals surface area contributed by atoms with Crippen LogP contribution in [-0.2, 0) is 6.54 Å². The Morgan fingerprint density at radius 3 is 2.64 bits per heavy atom. The number of likely N-dealkylation sites (N-methyl/N-ethyl adjacent to an activating group) is 1. The van der Waals surface area contributed by atoms with Crippen molar-refractivity contribution in [1.29, 1.82) is 0 Å². The van der Waals surface area contributed by atoms with Gasteiger partial charge in [-0.15, -0.1) is 24.0 Å². The first kappa shape index (κ1) is 21.4. The number of aliphatic imine (C=N–C) groups is 1. The standard InChI is InChI=1S/C13H21F3N4S.HI/c1-3-17-12(19-8-11-4-7-21-9-11)18-5-6-20(2)10-13(14,15)16;/h4,7,9H,3,5-6,8,10H2,1-2H3,(H2,17,18,19);1H. The van der Waals surface area contributed by atoms with Gasteiger partial charge in [0.15, 0.2) is 5.96 Å². The van der Waals surface area contributed by atoms with Crippen molar-refractivity contribution in [2.24, 2.45) is 4.99 Å². The second-order valence-corrected chi connectivity index (χ2v) is 5.39. The minimum absolute atomic E-state index is 0. The molecule has 0 atom stereocenters. The fraction of sp³-hybridized carbons (Fsp3) is 0.615. The number of alkyl halides is 3. The third kappa shape index (κ3) is 10.2. The molecule has 128 valence electrons. The van der Waals surface area contributed by atoms with E-state index in [0.717, 1.165) is 5.56 Å². The van der Waals surface area contributed by atoms with Crippen LogP contribution >= 0.6 is 35.3 Å². The van der Waals surface area contributed by atoms with Crippen LogP contribution in [0.3, 0.4) is 0 Å². The SMILES string of the molecule is CCNC(=NCc1ccsc1)NCCN(C)CC(F)(F)F.I. The summed E-state index contributed by atoms with van der Waals surface area (Å²) in [5.41, 5.74) is 1.12. The maximum absolute atomic E-state index is 12.2. The monoisotopic (exact) mass is 450 g/mol. The second kappa shape index (κ2) is 11.1. The zero-order chi connectivity index (χ0) is 15.7. The van der Waals surface area contributed by atoms with Crippen LogP contribution < -0.4 is 10.6 Å². The van der Waals surface area contributed by atoms with Crippen molar-refractivity contribution < 1.29 is 13.2 Å². The highest BCUT2D eigenvalue weighted by Gasteiger charge is 2.28. The Bertz CT molecular complexity index is 423. The number of thiophene rings is 1. The van der Waals surface area contributed by atoms with Gasteiger partial charge in [0.25, 0.3) is 0 Å². The molecule has 4 nitrogen and oxygen atoms in total. The van der Waals surface area contributed by atoms with Crippen LogP contribution in [0.4, 0.5) is 13.2 Å². The molecular formula is C13H22F3IN4S. The van der Waals surface area contributed by atoms with Crippen molar-refractivity contribution in [3.8, 4) is 0 Å². The maximum atomic E-state index is 12.2. The average molecular weight is 450 g/mol. The molecule has 2 N–H and O–H groups in total. The Labute approximate surface area is 150 Å². The summed E-state index contributed by atoms with van der Waals surface area (Å²) in [5.74, 6) is 0.615. The third-order valence-corrected chi connectivity index (χ3v) is 3.31. The lowest BCUT2D eigenvalue weighted by Crippen LogP contribution is -2.42. The lowest BCUT2D eigenvalue weighted by atomic mass is 10.3. The first-order valence-electron chi connectivity index (χ1n) is 6.69. The normalized spacial score (nSPS) is 12.2. The molecule has 0 radical (unpaired) electrons. The molecule has 0 aliphatic carbocycles. The van der Waals surface area contributed by atoms with Gasteiger partial charge in [0, 0.05) is 19.6 Å². The summed E-state index contributed by atoms with van der Waals surface area (Å²) >= 11 is 1.61. The summed E-state index contributed by atoms with van der Waals surface area (Å²) in [4.78, 5) is 5.62. The van der Waals surface area contributed by atoms with E-state index in [1.807, 2.05) is 23.8 Å². The smallest absolute Gasteiger partial charge is 0.357 e. The second-order valence-electron chi connectivity index (χ2n) is 4.61. The Kier molecular flexibility index (Phi) is 10.8. The predicted molar refractivity (Wildman–Crippen MR) is 96.1 cm³/mol. The van der Waals surface area contributed by atoms with E-state index < -0.39 is 12.7 Å². The predicted octanol–water partition coefficient (Wildman–Crippen LogP) is 2.92. The molecule has 0 unspecified atom stereocenters. The van der Waals surface area contributed by atoms with Crippen molar-refractivity contribution in [1.82, 2.24) is 15.5 Å². The van der Waals surface area contributed by atoms with E-state index in [2.05, 4.69) is 15.6 Å². The van der Waals surface area contributed by atoms with Crippen LogP contribution in [0.5, 0.6) is 0 Å². The van der Waals surface area contributed by atoms with Crippen molar-refractivity contribution in [2.45, 2.75) is 19.6 Å². The zero-order valence-corrected chi connectivity index (χ0v) is 15.8. The molecule has 1 aromatic rings. The number of hydrogen-bond donors (Lipinski definition) is 2. The van der Waals surface area contributed by atoms with Crippen LogP contribution in [0.2, 0.25) is 0 Å². The Balaban J connectivity index is 0.00000441. The van der Waals surface area contributed by atoms with Crippen LogP contribution in [0.15, 0.2) is 21.8 Å². The summed E-state index contributed by atoms with van der Waals surface area (Å²) < 4.78 is 36.6. The largest absolute Gasteiger partial charge is 0.401 e. The topological polar surface area (TPSA) is 39.7 Å². The lowest BCUT2D eigenvalue weighted by molar-refractivity contribution is -0.142. The summed E-state index contributed by atoms with van der Waals surface area (Å²) in [7, 11) is 1.45. The molecule has 1 aromatic heterocycles. The van der Waals surface area contributed by atoms with E-state index in [9.17, 15) is 13.2 Å². The summed E-state index contributed by atoms with van der Waals surface area (Å²) in [6, 6.07) is 1.99. The Hall–Kier alpha value is -0.550. The molecule has 0 saturated carbocycles. The van der Waals surface area contributed by atoms with Gasteiger partial charge in [-0.25, -0.2) is 4.99 Å². The summed E-state index contributed by atoms with van der Waals surface area (Å²) in [5, 5.41) is 10.1. The molecule has 9 heteroatoms. The zero-order valence-electron chi connectivity index (χ0n) is 12.6. The lowest BCUT2D eigenvalue weighted by Gasteiger charge is -2.19. The molecule has 0 aliphatic rings. The number of guanidine groups is 1. The van der Waals surface area contributed by atoms with Gasteiger partial charge in [0.1, 0.15) is 0 Å². The van der Waals surface area contributed by atoms with E-state index in [0.29, 0.717) is 32.1 Å². The highest BCUT2D eigenvalue weighted by molar-refractivity contribution is 14.0. The molecule has 1 rings (SSSR count). The number of rotatable bonds is 7. The van der Waals surface area contributed by atoms with E-state index in [-0.39, 0.29) is 24.0 Å². The minimum Gasteiger partial charge on any atom is -0.357 e. The number of nitrogens with one attached hydrogen (secondary N) is 2. The molecule has 22 heavy (non-hydrogen) atoms. The highest BCUT2D eigenvalue weighted by Crippen LogP contribution is 2.14. The summed E-state index contributed by atoms with van der Waals surface area (Å²) in [6.45, 7) is 2.99. The number of nitrogens with zero attached hydrogens (tertiary/aromatic N) is 2. The van der Waals surface area contributed by atoms with Crippen molar-refractivity contribution >= 4 is 41.3 Å². The first-order valence-corrected chi connectivity index (χ1v) is 7.63. The van der Waals surface area contributed by atoms with E-state index in [4.69, 9.17) is 0 Å². The Morgan fingerprint density at radius 1 is 1.36 bits per heavy atom. The van der Waals surface area contributed by atoms with E-state index in [1.165, 1.54) is 11.9 Å². The fourth-order valence-corrected chi connectivity index (χ4v) is 2.30. The molecule has 1 heterocycles. The van der Waals surface area contributed by atoms with Gasteiger partial charge in [0.05, 0.1) is 13.1 Å². The van der Waals surface area contributed by atoms with Crippen LogP contribution in [0.1, 0.15) is 12.5 Å². The van der Waals surface area contributed by atoms with Gasteiger partial charge < -0.3 is 10.6 Å². The number of hydrogen-bond acceptors (Lipinski definition) is 3. The van der Waals surface area contributed by atoms with Gasteiger partial charge in [-0.3, -0.25) is 4.90 Å². The van der Waals surface area contributed by atoms with Crippen molar-refractivity contribution in [3.63, 3.8) is 0 Å². The highest BCUT2D eigenvalue weighted by atomic mass is 127. The summed E-state index contributed by atoms with van der Waals surface area (Å²) in [6.07, 6.45) is -4.16. The molecule has 0 aliphatic heterocycles.